The van der Waals surface area contributed by atoms with E-state index in [1.807, 2.05) is 6.07 Å². The highest BCUT2D eigenvalue weighted by atomic mass is 19.1. The Balaban J connectivity index is 2.10. The number of nitrogens with one attached hydrogen (secondary N) is 1. The molecule has 0 spiro atoms. The first-order chi connectivity index (χ1) is 10.2. The summed E-state index contributed by atoms with van der Waals surface area (Å²) in [5.41, 5.74) is 2.37. The van der Waals surface area contributed by atoms with Gasteiger partial charge in [-0.05, 0) is 55.5 Å². The molecule has 1 aromatic carbocycles. The van der Waals surface area contributed by atoms with Crippen LogP contribution in [0.5, 0.6) is 0 Å². The predicted octanol–water partition coefficient (Wildman–Crippen LogP) is 5.54. The summed E-state index contributed by atoms with van der Waals surface area (Å²) < 4.78 is 13.6. The molecule has 2 rings (SSSR count). The monoisotopic (exact) mass is 291 g/mol. The minimum Gasteiger partial charge on any atom is -0.310 e. The quantitative estimate of drug-likeness (QED) is 0.679. The van der Waals surface area contributed by atoms with E-state index in [1.165, 1.54) is 44.1 Å². The van der Waals surface area contributed by atoms with Gasteiger partial charge in [0.15, 0.2) is 0 Å². The molecule has 0 radical (unpaired) electrons. The molecule has 1 aliphatic rings. The molecule has 0 aromatic heterocycles. The van der Waals surface area contributed by atoms with Gasteiger partial charge in [-0.25, -0.2) is 4.39 Å². The second kappa shape index (κ2) is 8.53. The van der Waals surface area contributed by atoms with Crippen LogP contribution in [0.1, 0.15) is 75.5 Å². The SMILES string of the molecule is CCCNC(CC1CCCCCC1)c1cc(F)ccc1C. The summed E-state index contributed by atoms with van der Waals surface area (Å²) in [5, 5.41) is 3.65. The summed E-state index contributed by atoms with van der Waals surface area (Å²) >= 11 is 0. The van der Waals surface area contributed by atoms with Crippen molar-refractivity contribution in [1.82, 2.24) is 5.32 Å². The summed E-state index contributed by atoms with van der Waals surface area (Å²) in [6.45, 7) is 5.30. The number of hydrogen-bond donors (Lipinski definition) is 1. The number of hydrogen-bond acceptors (Lipinski definition) is 1. The standard InChI is InChI=1S/C19H30FN/c1-3-12-21-19(13-16-8-6-4-5-7-9-16)18-14-17(20)11-10-15(18)2/h10-11,14,16,19,21H,3-9,12-13H2,1-2H3. The van der Waals surface area contributed by atoms with E-state index < -0.39 is 0 Å². The molecule has 1 aromatic rings. The van der Waals surface area contributed by atoms with E-state index in [0.717, 1.165) is 30.9 Å². The molecule has 1 atom stereocenters. The summed E-state index contributed by atoms with van der Waals surface area (Å²) in [6, 6.07) is 5.53. The van der Waals surface area contributed by atoms with Crippen LogP contribution in [0.15, 0.2) is 18.2 Å². The molecule has 1 fully saturated rings. The van der Waals surface area contributed by atoms with Gasteiger partial charge in [-0.2, -0.15) is 0 Å². The Morgan fingerprint density at radius 2 is 1.90 bits per heavy atom. The van der Waals surface area contributed by atoms with Gasteiger partial charge in [-0.3, -0.25) is 0 Å². The molecule has 0 amide bonds. The Bertz CT molecular complexity index is 422. The van der Waals surface area contributed by atoms with Crippen molar-refractivity contribution in [2.45, 2.75) is 71.3 Å². The molecule has 0 aliphatic heterocycles. The lowest BCUT2D eigenvalue weighted by atomic mass is 9.88. The smallest absolute Gasteiger partial charge is 0.123 e. The minimum absolute atomic E-state index is 0.111. The third kappa shape index (κ3) is 5.10. The van der Waals surface area contributed by atoms with Gasteiger partial charge < -0.3 is 5.32 Å². The zero-order valence-electron chi connectivity index (χ0n) is 13.6. The molecule has 1 nitrogen and oxygen atoms in total. The zero-order valence-corrected chi connectivity index (χ0v) is 13.6. The predicted molar refractivity (Wildman–Crippen MR) is 88.0 cm³/mol. The maximum atomic E-state index is 13.6. The van der Waals surface area contributed by atoms with Gasteiger partial charge in [0, 0.05) is 6.04 Å². The molecule has 21 heavy (non-hydrogen) atoms. The van der Waals surface area contributed by atoms with Crippen molar-refractivity contribution in [3.05, 3.63) is 35.1 Å². The number of benzene rings is 1. The van der Waals surface area contributed by atoms with Gasteiger partial charge in [-0.15, -0.1) is 0 Å². The fourth-order valence-electron chi connectivity index (χ4n) is 3.56. The third-order valence-electron chi connectivity index (χ3n) is 4.80. The summed E-state index contributed by atoms with van der Waals surface area (Å²) in [6.07, 6.45) is 10.5. The van der Waals surface area contributed by atoms with Crippen LogP contribution in [-0.2, 0) is 0 Å². The van der Waals surface area contributed by atoms with E-state index in [4.69, 9.17) is 0 Å². The van der Waals surface area contributed by atoms with Crippen molar-refractivity contribution >= 4 is 0 Å². The fraction of sp³-hybridized carbons (Fsp3) is 0.684. The molecular weight excluding hydrogens is 261 g/mol. The van der Waals surface area contributed by atoms with Crippen LogP contribution in [0.3, 0.4) is 0 Å². The van der Waals surface area contributed by atoms with Crippen LogP contribution in [0, 0.1) is 18.7 Å². The Morgan fingerprint density at radius 1 is 1.19 bits per heavy atom. The normalized spacial score (nSPS) is 18.4. The van der Waals surface area contributed by atoms with Crippen LogP contribution >= 0.6 is 0 Å². The summed E-state index contributed by atoms with van der Waals surface area (Å²) in [4.78, 5) is 0. The van der Waals surface area contributed by atoms with Crippen LogP contribution in [-0.4, -0.2) is 6.54 Å². The molecule has 0 bridgehead atoms. The lowest BCUT2D eigenvalue weighted by molar-refractivity contribution is 0.355. The molecule has 0 heterocycles. The van der Waals surface area contributed by atoms with Gasteiger partial charge in [0.05, 0.1) is 0 Å². The van der Waals surface area contributed by atoms with Gasteiger partial charge in [0.2, 0.25) is 0 Å². The van der Waals surface area contributed by atoms with Crippen molar-refractivity contribution in [3.8, 4) is 0 Å². The molecule has 1 saturated carbocycles. The zero-order chi connectivity index (χ0) is 15.1. The number of halogens is 1. The highest BCUT2D eigenvalue weighted by molar-refractivity contribution is 5.29. The Labute approximate surface area is 129 Å². The second-order valence-electron chi connectivity index (χ2n) is 6.60. The van der Waals surface area contributed by atoms with Crippen molar-refractivity contribution in [2.75, 3.05) is 6.54 Å². The maximum absolute atomic E-state index is 13.6. The van der Waals surface area contributed by atoms with Crippen molar-refractivity contribution in [2.24, 2.45) is 5.92 Å². The second-order valence-corrected chi connectivity index (χ2v) is 6.60. The van der Waals surface area contributed by atoms with E-state index in [1.54, 1.807) is 12.1 Å². The van der Waals surface area contributed by atoms with Crippen molar-refractivity contribution in [3.63, 3.8) is 0 Å². The van der Waals surface area contributed by atoms with Crippen molar-refractivity contribution in [1.29, 1.82) is 0 Å². The van der Waals surface area contributed by atoms with Gasteiger partial charge >= 0.3 is 0 Å². The number of aryl methyl sites for hydroxylation is 1. The Morgan fingerprint density at radius 3 is 2.57 bits per heavy atom. The minimum atomic E-state index is -0.111. The average Bonchev–Trinajstić information content (AvgIpc) is 2.75. The van der Waals surface area contributed by atoms with E-state index in [-0.39, 0.29) is 5.82 Å². The fourth-order valence-corrected chi connectivity index (χ4v) is 3.56. The van der Waals surface area contributed by atoms with E-state index in [2.05, 4.69) is 19.2 Å². The Kier molecular flexibility index (Phi) is 6.69. The van der Waals surface area contributed by atoms with E-state index in [0.29, 0.717) is 6.04 Å². The Hall–Kier alpha value is -0.890. The maximum Gasteiger partial charge on any atom is 0.123 e. The summed E-state index contributed by atoms with van der Waals surface area (Å²) in [7, 11) is 0. The molecule has 118 valence electrons. The van der Waals surface area contributed by atoms with Crippen molar-refractivity contribution < 1.29 is 4.39 Å². The van der Waals surface area contributed by atoms with Gasteiger partial charge in [0.25, 0.3) is 0 Å². The molecule has 1 aliphatic carbocycles. The molecular formula is C19H30FN. The molecule has 1 unspecified atom stereocenters. The van der Waals surface area contributed by atoms with Crippen LogP contribution in [0.25, 0.3) is 0 Å². The third-order valence-corrected chi connectivity index (χ3v) is 4.80. The lowest BCUT2D eigenvalue weighted by Crippen LogP contribution is -2.25. The van der Waals surface area contributed by atoms with E-state index >= 15 is 0 Å². The lowest BCUT2D eigenvalue weighted by Gasteiger charge is -2.25. The highest BCUT2D eigenvalue weighted by Crippen LogP contribution is 2.32. The number of rotatable bonds is 6. The first kappa shape index (κ1) is 16.5. The van der Waals surface area contributed by atoms with Gasteiger partial charge in [-0.1, -0.05) is 51.5 Å². The summed E-state index contributed by atoms with van der Waals surface area (Å²) in [5.74, 6) is 0.685. The largest absolute Gasteiger partial charge is 0.310 e. The van der Waals surface area contributed by atoms with Crippen LogP contribution in [0.2, 0.25) is 0 Å². The molecule has 0 saturated heterocycles. The first-order valence-electron chi connectivity index (χ1n) is 8.70. The highest BCUT2D eigenvalue weighted by Gasteiger charge is 2.20. The first-order valence-corrected chi connectivity index (χ1v) is 8.70. The van der Waals surface area contributed by atoms with Crippen LogP contribution < -0.4 is 5.32 Å². The molecule has 1 N–H and O–H groups in total. The van der Waals surface area contributed by atoms with E-state index in [9.17, 15) is 4.39 Å². The van der Waals surface area contributed by atoms with Gasteiger partial charge in [0.1, 0.15) is 5.82 Å². The van der Waals surface area contributed by atoms with Crippen LogP contribution in [0.4, 0.5) is 4.39 Å². The molecule has 2 heteroatoms. The topological polar surface area (TPSA) is 12.0 Å². The average molecular weight is 291 g/mol.